The number of carboxylic acid groups (broad SMARTS) is 1. The Kier molecular flexibility index (Phi) is 3.33. The van der Waals surface area contributed by atoms with Crippen molar-refractivity contribution in [1.29, 1.82) is 0 Å². The molecule has 2 atom stereocenters. The summed E-state index contributed by atoms with van der Waals surface area (Å²) in [6, 6.07) is 6.28. The van der Waals surface area contributed by atoms with Gasteiger partial charge in [-0.05, 0) is 62.1 Å². The van der Waals surface area contributed by atoms with Gasteiger partial charge in [0.2, 0.25) is 0 Å². The summed E-state index contributed by atoms with van der Waals surface area (Å²) in [6.07, 6.45) is 3.36. The molecule has 3 rings (SSSR count). The van der Waals surface area contributed by atoms with Crippen LogP contribution in [0.25, 0.3) is 0 Å². The van der Waals surface area contributed by atoms with Gasteiger partial charge in [-0.3, -0.25) is 4.79 Å². The van der Waals surface area contributed by atoms with Crippen molar-refractivity contribution >= 4 is 5.97 Å². The number of aliphatic carboxylic acids is 1. The van der Waals surface area contributed by atoms with Crippen molar-refractivity contribution in [3.8, 4) is 0 Å². The molecule has 1 N–H and O–H groups in total. The zero-order valence-corrected chi connectivity index (χ0v) is 12.2. The number of carbonyl (C=O) groups is 1. The van der Waals surface area contributed by atoms with Crippen molar-refractivity contribution in [2.24, 2.45) is 11.3 Å². The second kappa shape index (κ2) is 4.88. The van der Waals surface area contributed by atoms with E-state index in [2.05, 4.69) is 32.0 Å². The van der Waals surface area contributed by atoms with Crippen LogP contribution in [0.2, 0.25) is 0 Å². The molecule has 1 aliphatic heterocycles. The van der Waals surface area contributed by atoms with Gasteiger partial charge >= 0.3 is 5.97 Å². The molecular formula is C17H22O3. The largest absolute Gasteiger partial charge is 0.481 e. The standard InChI is InChI=1S/C17H22O3/c1-11-3-4-13(9-12(11)2)10-17(16(18)19)7-8-20-15(17)14-5-6-14/h3-4,9,14-15H,5-8,10H2,1-2H3,(H,18,19). The van der Waals surface area contributed by atoms with E-state index in [1.54, 1.807) is 0 Å². The molecule has 2 aliphatic rings. The van der Waals surface area contributed by atoms with Crippen LogP contribution in [-0.2, 0) is 16.0 Å². The van der Waals surface area contributed by atoms with Gasteiger partial charge in [-0.2, -0.15) is 0 Å². The molecule has 1 saturated carbocycles. The van der Waals surface area contributed by atoms with Crippen LogP contribution in [0, 0.1) is 25.2 Å². The average molecular weight is 274 g/mol. The number of carboxylic acids is 1. The molecule has 3 heteroatoms. The van der Waals surface area contributed by atoms with Crippen LogP contribution in [0.3, 0.4) is 0 Å². The van der Waals surface area contributed by atoms with Crippen molar-refractivity contribution in [2.75, 3.05) is 6.61 Å². The predicted octanol–water partition coefficient (Wildman–Crippen LogP) is 3.12. The number of rotatable bonds is 4. The minimum Gasteiger partial charge on any atom is -0.481 e. The van der Waals surface area contributed by atoms with E-state index in [4.69, 9.17) is 4.74 Å². The molecular weight excluding hydrogens is 252 g/mol. The van der Waals surface area contributed by atoms with Crippen molar-refractivity contribution in [1.82, 2.24) is 0 Å². The number of aryl methyl sites for hydroxylation is 2. The first-order chi connectivity index (χ1) is 9.53. The fourth-order valence-electron chi connectivity index (χ4n) is 3.43. The highest BCUT2D eigenvalue weighted by molar-refractivity contribution is 5.76. The lowest BCUT2D eigenvalue weighted by molar-refractivity contribution is -0.153. The number of benzene rings is 1. The molecule has 2 fully saturated rings. The van der Waals surface area contributed by atoms with Crippen molar-refractivity contribution < 1.29 is 14.6 Å². The van der Waals surface area contributed by atoms with Gasteiger partial charge in [-0.1, -0.05) is 18.2 Å². The second-order valence-corrected chi connectivity index (χ2v) is 6.44. The summed E-state index contributed by atoms with van der Waals surface area (Å²) in [5.74, 6) is -0.231. The average Bonchev–Trinajstić information content (AvgIpc) is 3.15. The molecule has 0 bridgehead atoms. The molecule has 3 nitrogen and oxygen atoms in total. The lowest BCUT2D eigenvalue weighted by atomic mass is 9.74. The van der Waals surface area contributed by atoms with Gasteiger partial charge in [-0.25, -0.2) is 0 Å². The zero-order chi connectivity index (χ0) is 14.3. The Morgan fingerprint density at radius 1 is 1.35 bits per heavy atom. The molecule has 1 aliphatic carbocycles. The number of hydrogen-bond acceptors (Lipinski definition) is 2. The fraction of sp³-hybridized carbons (Fsp3) is 0.588. The topological polar surface area (TPSA) is 46.5 Å². The number of hydrogen-bond donors (Lipinski definition) is 1. The lowest BCUT2D eigenvalue weighted by Crippen LogP contribution is -2.42. The van der Waals surface area contributed by atoms with Gasteiger partial charge in [0, 0.05) is 6.61 Å². The normalized spacial score (nSPS) is 29.6. The third-order valence-electron chi connectivity index (χ3n) is 4.96. The Balaban J connectivity index is 1.90. The molecule has 0 aromatic heterocycles. The Bertz CT molecular complexity index is 533. The highest BCUT2D eigenvalue weighted by Gasteiger charge is 2.55. The summed E-state index contributed by atoms with van der Waals surface area (Å²) in [4.78, 5) is 11.9. The molecule has 108 valence electrons. The first kappa shape index (κ1) is 13.6. The van der Waals surface area contributed by atoms with Crippen LogP contribution in [0.4, 0.5) is 0 Å². The van der Waals surface area contributed by atoms with Gasteiger partial charge in [-0.15, -0.1) is 0 Å². The maximum absolute atomic E-state index is 11.9. The van der Waals surface area contributed by atoms with E-state index >= 15 is 0 Å². The van der Waals surface area contributed by atoms with E-state index in [9.17, 15) is 9.90 Å². The van der Waals surface area contributed by atoms with Crippen LogP contribution >= 0.6 is 0 Å². The van der Waals surface area contributed by atoms with Crippen LogP contribution in [-0.4, -0.2) is 23.8 Å². The fourth-order valence-corrected chi connectivity index (χ4v) is 3.43. The van der Waals surface area contributed by atoms with Gasteiger partial charge in [0.1, 0.15) is 5.41 Å². The summed E-state index contributed by atoms with van der Waals surface area (Å²) in [5.41, 5.74) is 2.87. The van der Waals surface area contributed by atoms with Gasteiger partial charge in [0.15, 0.2) is 0 Å². The van der Waals surface area contributed by atoms with E-state index in [0.29, 0.717) is 25.4 Å². The smallest absolute Gasteiger partial charge is 0.312 e. The molecule has 1 aromatic carbocycles. The number of ether oxygens (including phenoxy) is 1. The Labute approximate surface area is 120 Å². The van der Waals surface area contributed by atoms with Crippen molar-refractivity contribution in [3.63, 3.8) is 0 Å². The van der Waals surface area contributed by atoms with E-state index in [1.165, 1.54) is 11.1 Å². The second-order valence-electron chi connectivity index (χ2n) is 6.44. The highest BCUT2D eigenvalue weighted by atomic mass is 16.5. The van der Waals surface area contributed by atoms with E-state index in [-0.39, 0.29) is 6.10 Å². The summed E-state index contributed by atoms with van der Waals surface area (Å²) in [7, 11) is 0. The first-order valence-electron chi connectivity index (χ1n) is 7.44. The third-order valence-corrected chi connectivity index (χ3v) is 4.96. The summed E-state index contributed by atoms with van der Waals surface area (Å²) < 4.78 is 5.80. The minimum absolute atomic E-state index is 0.0957. The maximum Gasteiger partial charge on any atom is 0.312 e. The predicted molar refractivity (Wildman–Crippen MR) is 76.8 cm³/mol. The van der Waals surface area contributed by atoms with Crippen LogP contribution in [0.15, 0.2) is 18.2 Å². The van der Waals surface area contributed by atoms with Gasteiger partial charge in [0.25, 0.3) is 0 Å². The van der Waals surface area contributed by atoms with Crippen molar-refractivity contribution in [2.45, 2.75) is 45.6 Å². The molecule has 0 spiro atoms. The molecule has 1 saturated heterocycles. The SMILES string of the molecule is Cc1ccc(CC2(C(=O)O)CCOC2C2CC2)cc1C. The molecule has 1 heterocycles. The van der Waals surface area contributed by atoms with Crippen molar-refractivity contribution in [3.05, 3.63) is 34.9 Å². The first-order valence-corrected chi connectivity index (χ1v) is 7.44. The summed E-state index contributed by atoms with van der Waals surface area (Å²) in [5, 5.41) is 9.82. The third kappa shape index (κ3) is 2.24. The van der Waals surface area contributed by atoms with Gasteiger partial charge in [0.05, 0.1) is 6.10 Å². The maximum atomic E-state index is 11.9. The summed E-state index contributed by atoms with van der Waals surface area (Å²) >= 11 is 0. The Morgan fingerprint density at radius 2 is 2.10 bits per heavy atom. The van der Waals surface area contributed by atoms with E-state index in [1.807, 2.05) is 0 Å². The van der Waals surface area contributed by atoms with Gasteiger partial charge < -0.3 is 9.84 Å². The Morgan fingerprint density at radius 3 is 2.70 bits per heavy atom. The highest BCUT2D eigenvalue weighted by Crippen LogP contribution is 2.49. The van der Waals surface area contributed by atoms with Crippen LogP contribution in [0.5, 0.6) is 0 Å². The van der Waals surface area contributed by atoms with Crippen LogP contribution in [0.1, 0.15) is 36.0 Å². The molecule has 0 radical (unpaired) electrons. The molecule has 1 aromatic rings. The van der Waals surface area contributed by atoms with E-state index < -0.39 is 11.4 Å². The van der Waals surface area contributed by atoms with E-state index in [0.717, 1.165) is 18.4 Å². The quantitative estimate of drug-likeness (QED) is 0.917. The molecule has 20 heavy (non-hydrogen) atoms. The zero-order valence-electron chi connectivity index (χ0n) is 12.2. The summed E-state index contributed by atoms with van der Waals surface area (Å²) in [6.45, 7) is 4.74. The van der Waals surface area contributed by atoms with Crippen LogP contribution < -0.4 is 0 Å². The molecule has 2 unspecified atom stereocenters. The minimum atomic E-state index is -0.719. The molecule has 0 amide bonds. The monoisotopic (exact) mass is 274 g/mol. The lowest BCUT2D eigenvalue weighted by Gasteiger charge is -2.30. The Hall–Kier alpha value is -1.35.